The molecule has 0 bridgehead atoms. The van der Waals surface area contributed by atoms with Crippen molar-refractivity contribution in [3.8, 4) is 0 Å². The molecule has 120 valence electrons. The van der Waals surface area contributed by atoms with E-state index in [4.69, 9.17) is 17.3 Å². The number of rotatable bonds is 2. The Labute approximate surface area is 143 Å². The summed E-state index contributed by atoms with van der Waals surface area (Å²) in [7, 11) is 0. The normalized spacial score (nSPS) is 16.3. The summed E-state index contributed by atoms with van der Waals surface area (Å²) in [5, 5.41) is 1.20. The number of amides is 1. The highest BCUT2D eigenvalue weighted by Crippen LogP contribution is 2.41. The van der Waals surface area contributed by atoms with Crippen LogP contribution in [-0.4, -0.2) is 10.9 Å². The molecule has 24 heavy (non-hydrogen) atoms. The molecule has 0 aliphatic heterocycles. The number of benzene rings is 2. The van der Waals surface area contributed by atoms with Crippen LogP contribution < -0.4 is 5.73 Å². The summed E-state index contributed by atoms with van der Waals surface area (Å²) in [6.45, 7) is 0. The molecule has 4 rings (SSSR count). The monoisotopic (exact) mass is 340 g/mol. The number of primary amides is 1. The summed E-state index contributed by atoms with van der Waals surface area (Å²) in [4.78, 5) is 16.6. The van der Waals surface area contributed by atoms with Crippen molar-refractivity contribution in [2.75, 3.05) is 0 Å². The first-order chi connectivity index (χ1) is 11.5. The smallest absolute Gasteiger partial charge is 0.250 e. The topological polar surface area (TPSA) is 56.0 Å². The molecule has 3 nitrogen and oxygen atoms in total. The maximum Gasteiger partial charge on any atom is 0.250 e. The predicted molar refractivity (Wildman–Crippen MR) is 91.8 cm³/mol. The van der Waals surface area contributed by atoms with Crippen LogP contribution in [0.5, 0.6) is 0 Å². The second-order valence-corrected chi connectivity index (χ2v) is 6.46. The number of para-hydroxylation sites is 1. The number of hydrogen-bond acceptors (Lipinski definition) is 2. The number of nitrogens with zero attached hydrogens (tertiary/aromatic N) is 1. The number of carbonyl (C=O) groups is 1. The quantitative estimate of drug-likeness (QED) is 0.760. The van der Waals surface area contributed by atoms with E-state index in [2.05, 4.69) is 4.98 Å². The lowest BCUT2D eigenvalue weighted by Crippen LogP contribution is -2.17. The molecule has 0 saturated carbocycles. The molecule has 2 N–H and O–H groups in total. The third kappa shape index (κ3) is 2.34. The molecule has 1 aliphatic rings. The van der Waals surface area contributed by atoms with Crippen LogP contribution in [0.3, 0.4) is 0 Å². The first-order valence-corrected chi connectivity index (χ1v) is 8.09. The van der Waals surface area contributed by atoms with Gasteiger partial charge in [-0.05, 0) is 48.2 Å². The third-order valence-corrected chi connectivity index (χ3v) is 4.82. The summed E-state index contributed by atoms with van der Waals surface area (Å²) in [6.07, 6.45) is 1.27. The Morgan fingerprint density at radius 1 is 1.25 bits per heavy atom. The molecular weight excluding hydrogens is 327 g/mol. The van der Waals surface area contributed by atoms with Crippen LogP contribution in [0.4, 0.5) is 4.39 Å². The van der Waals surface area contributed by atoms with Crippen molar-refractivity contribution in [2.24, 2.45) is 5.73 Å². The lowest BCUT2D eigenvalue weighted by Gasteiger charge is -2.16. The van der Waals surface area contributed by atoms with Crippen LogP contribution >= 0.6 is 11.6 Å². The summed E-state index contributed by atoms with van der Waals surface area (Å²) in [5.41, 5.74) is 8.78. The van der Waals surface area contributed by atoms with Crippen LogP contribution in [0.25, 0.3) is 10.9 Å². The van der Waals surface area contributed by atoms with Crippen molar-refractivity contribution in [1.29, 1.82) is 0 Å². The lowest BCUT2D eigenvalue weighted by molar-refractivity contribution is 0.0999. The maximum absolute atomic E-state index is 14.2. The summed E-state index contributed by atoms with van der Waals surface area (Å²) in [6, 6.07) is 12.4. The van der Waals surface area contributed by atoms with Gasteiger partial charge in [0.15, 0.2) is 0 Å². The van der Waals surface area contributed by atoms with Gasteiger partial charge in [-0.25, -0.2) is 4.39 Å². The van der Waals surface area contributed by atoms with E-state index in [0.717, 1.165) is 16.5 Å². The van der Waals surface area contributed by atoms with E-state index >= 15 is 0 Å². The number of aromatic nitrogens is 1. The molecule has 0 fully saturated rings. The fraction of sp³-hybridized carbons (Fsp3) is 0.158. The summed E-state index contributed by atoms with van der Waals surface area (Å²) in [5.74, 6) is -1.01. The highest BCUT2D eigenvalue weighted by atomic mass is 35.5. The maximum atomic E-state index is 14.2. The van der Waals surface area contributed by atoms with Crippen molar-refractivity contribution in [3.05, 3.63) is 75.7 Å². The van der Waals surface area contributed by atoms with Crippen molar-refractivity contribution >= 4 is 28.4 Å². The van der Waals surface area contributed by atoms with Gasteiger partial charge in [0.25, 0.3) is 5.91 Å². The van der Waals surface area contributed by atoms with Gasteiger partial charge < -0.3 is 5.73 Å². The molecule has 1 aromatic heterocycles. The van der Waals surface area contributed by atoms with Crippen LogP contribution in [0, 0.1) is 5.82 Å². The van der Waals surface area contributed by atoms with Gasteiger partial charge in [-0.15, -0.1) is 0 Å². The first-order valence-electron chi connectivity index (χ1n) is 7.72. The number of pyridine rings is 1. The molecule has 2 aromatic carbocycles. The summed E-state index contributed by atoms with van der Waals surface area (Å²) < 4.78 is 14.2. The minimum atomic E-state index is -0.529. The molecule has 1 heterocycles. The van der Waals surface area contributed by atoms with E-state index in [1.165, 1.54) is 6.07 Å². The number of carbonyl (C=O) groups excluding carboxylic acids is 1. The molecule has 1 atom stereocenters. The molecule has 0 spiro atoms. The first kappa shape index (κ1) is 15.1. The number of fused-ring (bicyclic) bond motifs is 2. The van der Waals surface area contributed by atoms with Gasteiger partial charge in [0.2, 0.25) is 0 Å². The van der Waals surface area contributed by atoms with Gasteiger partial charge in [-0.3, -0.25) is 9.78 Å². The molecule has 5 heteroatoms. The predicted octanol–water partition coefficient (Wildman–Crippen LogP) is 4.20. The van der Waals surface area contributed by atoms with Crippen molar-refractivity contribution in [3.63, 3.8) is 0 Å². The largest absolute Gasteiger partial charge is 0.366 e. The molecule has 1 aliphatic carbocycles. The molecular formula is C19H14ClFN2O. The van der Waals surface area contributed by atoms with Crippen LogP contribution in [0.2, 0.25) is 5.02 Å². The van der Waals surface area contributed by atoms with Gasteiger partial charge in [-0.2, -0.15) is 0 Å². The van der Waals surface area contributed by atoms with Crippen molar-refractivity contribution in [1.82, 2.24) is 4.98 Å². The zero-order chi connectivity index (χ0) is 16.8. The second kappa shape index (κ2) is 5.56. The average molecular weight is 341 g/mol. The average Bonchev–Trinajstić information content (AvgIpc) is 2.97. The van der Waals surface area contributed by atoms with E-state index in [1.807, 2.05) is 24.3 Å². The second-order valence-electron chi connectivity index (χ2n) is 6.02. The Hall–Kier alpha value is -2.46. The van der Waals surface area contributed by atoms with Crippen LogP contribution in [-0.2, 0) is 6.42 Å². The van der Waals surface area contributed by atoms with Gasteiger partial charge in [0, 0.05) is 16.3 Å². The number of hydrogen-bond donors (Lipinski definition) is 1. The van der Waals surface area contributed by atoms with E-state index in [0.29, 0.717) is 34.7 Å². The van der Waals surface area contributed by atoms with Gasteiger partial charge in [-0.1, -0.05) is 29.8 Å². The number of nitrogens with two attached hydrogens (primary N) is 1. The molecule has 0 radical (unpaired) electrons. The van der Waals surface area contributed by atoms with Crippen LogP contribution in [0.15, 0.2) is 42.5 Å². The third-order valence-electron chi connectivity index (χ3n) is 4.60. The Kier molecular flexibility index (Phi) is 3.50. The van der Waals surface area contributed by atoms with E-state index < -0.39 is 5.91 Å². The Morgan fingerprint density at radius 3 is 2.83 bits per heavy atom. The zero-order valence-electron chi connectivity index (χ0n) is 12.7. The highest BCUT2D eigenvalue weighted by Gasteiger charge is 2.31. The molecule has 0 unspecified atom stereocenters. The Balaban J connectivity index is 1.95. The van der Waals surface area contributed by atoms with Crippen LogP contribution in [0.1, 0.15) is 39.5 Å². The Bertz CT molecular complexity index is 987. The zero-order valence-corrected chi connectivity index (χ0v) is 13.5. The van der Waals surface area contributed by atoms with Crippen molar-refractivity contribution in [2.45, 2.75) is 18.8 Å². The fourth-order valence-corrected chi connectivity index (χ4v) is 3.73. The SMILES string of the molecule is NC(=O)c1cc2ccccc2nc1[C@@H]1CCc2c(F)cc(Cl)cc21. The number of halogens is 2. The van der Waals surface area contributed by atoms with Crippen molar-refractivity contribution < 1.29 is 9.18 Å². The lowest BCUT2D eigenvalue weighted by atomic mass is 9.92. The highest BCUT2D eigenvalue weighted by molar-refractivity contribution is 6.30. The van der Waals surface area contributed by atoms with Gasteiger partial charge >= 0.3 is 0 Å². The fourth-order valence-electron chi connectivity index (χ4n) is 3.52. The standard InChI is InChI=1S/C19H14ClFN2O/c20-11-8-14-12(16(21)9-11)5-6-13(14)18-15(19(22)24)7-10-3-1-2-4-17(10)23-18/h1-4,7-9,13H,5-6H2,(H2,22,24)/t13-/m1/s1. The Morgan fingerprint density at radius 2 is 2.04 bits per heavy atom. The molecule has 0 saturated heterocycles. The van der Waals surface area contributed by atoms with E-state index in [9.17, 15) is 9.18 Å². The van der Waals surface area contributed by atoms with E-state index in [1.54, 1.807) is 12.1 Å². The molecule has 3 aromatic rings. The summed E-state index contributed by atoms with van der Waals surface area (Å²) >= 11 is 6.03. The minimum absolute atomic E-state index is 0.180. The minimum Gasteiger partial charge on any atom is -0.366 e. The van der Waals surface area contributed by atoms with Gasteiger partial charge in [0.05, 0.1) is 16.8 Å². The van der Waals surface area contributed by atoms with E-state index in [-0.39, 0.29) is 11.7 Å². The van der Waals surface area contributed by atoms with Gasteiger partial charge in [0.1, 0.15) is 5.82 Å². The molecule has 1 amide bonds.